The van der Waals surface area contributed by atoms with Gasteiger partial charge in [-0.2, -0.15) is 4.98 Å². The van der Waals surface area contributed by atoms with Crippen LogP contribution in [0.2, 0.25) is 0 Å². The minimum absolute atomic E-state index is 0.509. The molecule has 1 aliphatic heterocycles. The largest absolute Gasteiger partial charge is 0.352 e. The normalized spacial score (nSPS) is 20.6. The highest BCUT2D eigenvalue weighted by molar-refractivity contribution is 5.55. The lowest BCUT2D eigenvalue weighted by molar-refractivity contribution is 0.283. The summed E-state index contributed by atoms with van der Waals surface area (Å²) >= 11 is 0. The molecule has 0 amide bonds. The summed E-state index contributed by atoms with van der Waals surface area (Å²) in [6.45, 7) is 8.88. The van der Waals surface area contributed by atoms with Gasteiger partial charge in [-0.15, -0.1) is 0 Å². The van der Waals surface area contributed by atoms with Gasteiger partial charge in [0.05, 0.1) is 5.56 Å². The molecule has 3 heterocycles. The van der Waals surface area contributed by atoms with Gasteiger partial charge in [-0.3, -0.25) is 0 Å². The Morgan fingerprint density at radius 2 is 2.04 bits per heavy atom. The SMILES string of the molecule is CCN(CC)CC1CCCN1c1ccc(-c2nc(C3CC3)no2)cn1. The van der Waals surface area contributed by atoms with E-state index < -0.39 is 0 Å². The zero-order chi connectivity index (χ0) is 17.2. The molecule has 1 aliphatic carbocycles. The van der Waals surface area contributed by atoms with E-state index in [1.165, 1.54) is 25.7 Å². The van der Waals surface area contributed by atoms with Crippen LogP contribution in [0.25, 0.3) is 11.5 Å². The summed E-state index contributed by atoms with van der Waals surface area (Å²) in [5, 5.41) is 4.09. The molecule has 134 valence electrons. The maximum absolute atomic E-state index is 5.40. The maximum atomic E-state index is 5.40. The van der Waals surface area contributed by atoms with E-state index >= 15 is 0 Å². The lowest BCUT2D eigenvalue weighted by Gasteiger charge is -2.30. The molecule has 2 aliphatic rings. The van der Waals surface area contributed by atoms with Crippen LogP contribution < -0.4 is 4.90 Å². The van der Waals surface area contributed by atoms with Crippen molar-refractivity contribution >= 4 is 5.82 Å². The van der Waals surface area contributed by atoms with Gasteiger partial charge in [0.15, 0.2) is 5.82 Å². The van der Waals surface area contributed by atoms with E-state index in [1.807, 2.05) is 6.20 Å². The monoisotopic (exact) mass is 341 g/mol. The summed E-state index contributed by atoms with van der Waals surface area (Å²) in [5.41, 5.74) is 0.905. The minimum atomic E-state index is 0.509. The predicted molar refractivity (Wildman–Crippen MR) is 97.7 cm³/mol. The Morgan fingerprint density at radius 3 is 2.72 bits per heavy atom. The van der Waals surface area contributed by atoms with E-state index in [2.05, 4.69) is 45.9 Å². The molecule has 0 aromatic carbocycles. The maximum Gasteiger partial charge on any atom is 0.259 e. The summed E-state index contributed by atoms with van der Waals surface area (Å²) in [6, 6.07) is 4.71. The first-order chi connectivity index (χ1) is 12.3. The number of hydrogen-bond donors (Lipinski definition) is 0. The van der Waals surface area contributed by atoms with E-state index in [1.54, 1.807) is 0 Å². The van der Waals surface area contributed by atoms with Crippen molar-refractivity contribution in [1.82, 2.24) is 20.0 Å². The van der Waals surface area contributed by atoms with Crippen LogP contribution in [0.3, 0.4) is 0 Å². The molecule has 1 saturated carbocycles. The van der Waals surface area contributed by atoms with Gasteiger partial charge < -0.3 is 14.3 Å². The zero-order valence-corrected chi connectivity index (χ0v) is 15.2. The number of likely N-dealkylation sites (N-methyl/N-ethyl adjacent to an activating group) is 1. The predicted octanol–water partition coefficient (Wildman–Crippen LogP) is 3.32. The lowest BCUT2D eigenvalue weighted by Crippen LogP contribution is -2.40. The summed E-state index contributed by atoms with van der Waals surface area (Å²) in [6.07, 6.45) is 6.71. The molecule has 0 spiro atoms. The molecular formula is C19H27N5O. The van der Waals surface area contributed by atoms with E-state index in [0.717, 1.165) is 43.4 Å². The van der Waals surface area contributed by atoms with Gasteiger partial charge in [0.25, 0.3) is 5.89 Å². The van der Waals surface area contributed by atoms with Crippen LogP contribution in [0.5, 0.6) is 0 Å². The quantitative estimate of drug-likeness (QED) is 0.770. The van der Waals surface area contributed by atoms with Gasteiger partial charge in [-0.25, -0.2) is 4.98 Å². The average Bonchev–Trinajstić information content (AvgIpc) is 3.20. The van der Waals surface area contributed by atoms with E-state index in [0.29, 0.717) is 17.9 Å². The van der Waals surface area contributed by atoms with Crippen LogP contribution in [0.4, 0.5) is 5.82 Å². The Morgan fingerprint density at radius 1 is 1.20 bits per heavy atom. The molecule has 0 N–H and O–H groups in total. The number of rotatable bonds is 7. The molecule has 25 heavy (non-hydrogen) atoms. The Labute approximate surface area is 149 Å². The third kappa shape index (κ3) is 3.54. The topological polar surface area (TPSA) is 58.3 Å². The summed E-state index contributed by atoms with van der Waals surface area (Å²) in [4.78, 5) is 14.1. The van der Waals surface area contributed by atoms with Crippen molar-refractivity contribution in [2.75, 3.05) is 31.1 Å². The highest BCUT2D eigenvalue weighted by Crippen LogP contribution is 2.38. The molecule has 6 nitrogen and oxygen atoms in total. The Balaban J connectivity index is 1.46. The summed E-state index contributed by atoms with van der Waals surface area (Å²) in [5.74, 6) is 3.00. The van der Waals surface area contributed by atoms with Crippen LogP contribution >= 0.6 is 0 Å². The first-order valence-corrected chi connectivity index (χ1v) is 9.57. The first kappa shape index (κ1) is 16.5. The first-order valence-electron chi connectivity index (χ1n) is 9.57. The van der Waals surface area contributed by atoms with E-state index in [4.69, 9.17) is 9.51 Å². The molecule has 2 fully saturated rings. The van der Waals surface area contributed by atoms with Gasteiger partial charge >= 0.3 is 0 Å². The van der Waals surface area contributed by atoms with Gasteiger partial charge in [0.1, 0.15) is 5.82 Å². The van der Waals surface area contributed by atoms with Crippen molar-refractivity contribution in [3.05, 3.63) is 24.2 Å². The van der Waals surface area contributed by atoms with Crippen LogP contribution in [0.15, 0.2) is 22.9 Å². The molecule has 6 heteroatoms. The van der Waals surface area contributed by atoms with Crippen LogP contribution in [-0.2, 0) is 0 Å². The molecule has 4 rings (SSSR count). The number of hydrogen-bond acceptors (Lipinski definition) is 6. The fourth-order valence-corrected chi connectivity index (χ4v) is 3.65. The van der Waals surface area contributed by atoms with Crippen molar-refractivity contribution < 1.29 is 4.52 Å². The molecule has 0 radical (unpaired) electrons. The van der Waals surface area contributed by atoms with E-state index in [-0.39, 0.29) is 0 Å². The molecule has 1 saturated heterocycles. The molecule has 2 aromatic rings. The minimum Gasteiger partial charge on any atom is -0.352 e. The third-order valence-corrected chi connectivity index (χ3v) is 5.41. The second-order valence-electron chi connectivity index (χ2n) is 7.11. The molecule has 2 aromatic heterocycles. The summed E-state index contributed by atoms with van der Waals surface area (Å²) < 4.78 is 5.40. The molecular weight excluding hydrogens is 314 g/mol. The van der Waals surface area contributed by atoms with Crippen LogP contribution in [0, 0.1) is 0 Å². The van der Waals surface area contributed by atoms with Gasteiger partial charge in [-0.05, 0) is 50.9 Å². The number of aromatic nitrogens is 3. The second kappa shape index (κ2) is 7.12. The molecule has 1 unspecified atom stereocenters. The number of anilines is 1. The van der Waals surface area contributed by atoms with Crippen LogP contribution in [0.1, 0.15) is 51.3 Å². The van der Waals surface area contributed by atoms with Gasteiger partial charge in [0, 0.05) is 31.2 Å². The van der Waals surface area contributed by atoms with Crippen molar-refractivity contribution in [3.63, 3.8) is 0 Å². The highest BCUT2D eigenvalue weighted by Gasteiger charge is 2.29. The standard InChI is InChI=1S/C19H27N5O/c1-3-23(4-2)13-16-6-5-11-24(16)17-10-9-15(12-20-17)19-21-18(22-25-19)14-7-8-14/h9-10,12,14,16H,3-8,11,13H2,1-2H3. The summed E-state index contributed by atoms with van der Waals surface area (Å²) in [7, 11) is 0. The van der Waals surface area contributed by atoms with Crippen molar-refractivity contribution in [2.45, 2.75) is 51.5 Å². The van der Waals surface area contributed by atoms with Gasteiger partial charge in [-0.1, -0.05) is 19.0 Å². The Hall–Kier alpha value is -1.95. The fraction of sp³-hybridized carbons (Fsp3) is 0.632. The third-order valence-electron chi connectivity index (χ3n) is 5.41. The molecule has 1 atom stereocenters. The number of pyridine rings is 1. The smallest absolute Gasteiger partial charge is 0.259 e. The van der Waals surface area contributed by atoms with Crippen molar-refractivity contribution in [1.29, 1.82) is 0 Å². The fourth-order valence-electron chi connectivity index (χ4n) is 3.65. The van der Waals surface area contributed by atoms with E-state index in [9.17, 15) is 0 Å². The highest BCUT2D eigenvalue weighted by atomic mass is 16.5. The van der Waals surface area contributed by atoms with Crippen LogP contribution in [-0.4, -0.2) is 52.2 Å². The molecule has 0 bridgehead atoms. The second-order valence-corrected chi connectivity index (χ2v) is 7.11. The van der Waals surface area contributed by atoms with Crippen molar-refractivity contribution in [2.24, 2.45) is 0 Å². The van der Waals surface area contributed by atoms with Gasteiger partial charge in [0.2, 0.25) is 0 Å². The Bertz CT molecular complexity index is 690. The Kier molecular flexibility index (Phi) is 4.70. The lowest BCUT2D eigenvalue weighted by atomic mass is 10.2. The zero-order valence-electron chi connectivity index (χ0n) is 15.2. The van der Waals surface area contributed by atoms with Crippen molar-refractivity contribution in [3.8, 4) is 11.5 Å². The number of nitrogens with zero attached hydrogens (tertiary/aromatic N) is 5. The average molecular weight is 341 g/mol.